The molecule has 0 amide bonds. The van der Waals surface area contributed by atoms with Gasteiger partial charge in [-0.2, -0.15) is 0 Å². The van der Waals surface area contributed by atoms with E-state index in [1.54, 1.807) is 0 Å². The molecule has 0 N–H and O–H groups in total. The number of hydrogen-bond acceptors (Lipinski definition) is 3. The molecule has 0 fully saturated rings. The van der Waals surface area contributed by atoms with Crippen LogP contribution < -0.4 is 4.40 Å². The van der Waals surface area contributed by atoms with Crippen molar-refractivity contribution in [3.8, 4) is 44.8 Å². The number of furan rings is 1. The molecule has 8 aromatic rings. The van der Waals surface area contributed by atoms with Crippen molar-refractivity contribution >= 4 is 39.6 Å². The van der Waals surface area contributed by atoms with E-state index in [0.29, 0.717) is 5.92 Å². The van der Waals surface area contributed by atoms with Crippen molar-refractivity contribution in [2.45, 2.75) is 44.0 Å². The van der Waals surface area contributed by atoms with Crippen LogP contribution in [0.4, 0.5) is 0 Å². The van der Waals surface area contributed by atoms with Crippen LogP contribution in [0.3, 0.4) is 0 Å². The van der Waals surface area contributed by atoms with Gasteiger partial charge in [0.25, 0.3) is 0 Å². The fraction of sp³-hybridized carbons (Fsp3) is 0.149. The minimum Gasteiger partial charge on any atom is 0 e. The van der Waals surface area contributed by atoms with Crippen molar-refractivity contribution < 1.29 is 24.5 Å². The Bertz CT molecular complexity index is 2430. The molecule has 0 saturated heterocycles. The smallest absolute Gasteiger partial charge is 0 e. The number of nitrogens with zero attached hydrogens (tertiary/aromatic N) is 2. The Kier molecular flexibility index (Phi) is 11.4. The standard InChI is InChI=1S/C32H24NO.C15H18GeN.Ir/c1-21(2)24-15-16-33-29(18-24)25-13-14-27-30(19-25)34-31-20-26(22-9-5-3-6-10-22)17-28(32(27)31)23-11-7-4-8-12-23;1-12-10-15(13-8-6-5-7-9-13)17-11-14(12)16(2,3)4;/h3-18,20-21H,1-2H3;5-8,10-11H,1-4H3;/q2*-1;. The van der Waals surface area contributed by atoms with Gasteiger partial charge < -0.3 is 9.40 Å². The Morgan fingerprint density at radius 3 is 2.02 bits per heavy atom. The van der Waals surface area contributed by atoms with E-state index in [9.17, 15) is 0 Å². The third-order valence-corrected chi connectivity index (χ3v) is 13.8. The van der Waals surface area contributed by atoms with Gasteiger partial charge in [0.05, 0.1) is 5.58 Å². The van der Waals surface area contributed by atoms with E-state index < -0.39 is 13.3 Å². The van der Waals surface area contributed by atoms with Crippen LogP contribution in [0.1, 0.15) is 30.9 Å². The average Bonchev–Trinajstić information content (AvgIpc) is 3.53. The van der Waals surface area contributed by atoms with Gasteiger partial charge in [0.15, 0.2) is 0 Å². The largest absolute Gasteiger partial charge is 0 e. The molecule has 1 radical (unpaired) electrons. The fourth-order valence-corrected chi connectivity index (χ4v) is 10.2. The van der Waals surface area contributed by atoms with Gasteiger partial charge in [0.1, 0.15) is 5.58 Å². The number of fused-ring (bicyclic) bond motifs is 3. The second kappa shape index (κ2) is 16.0. The first-order chi connectivity index (χ1) is 24.7. The molecule has 52 heavy (non-hydrogen) atoms. The average molecular weight is 916 g/mol. The Labute approximate surface area is 323 Å². The Morgan fingerprint density at radius 2 is 1.37 bits per heavy atom. The number of pyridine rings is 2. The van der Waals surface area contributed by atoms with Crippen molar-refractivity contribution in [2.75, 3.05) is 0 Å². The predicted octanol–water partition coefficient (Wildman–Crippen LogP) is 12.3. The molecular formula is C47H42GeIrN2O-2. The van der Waals surface area contributed by atoms with E-state index in [-0.39, 0.29) is 20.1 Å². The Hall–Kier alpha value is -4.61. The maximum Gasteiger partial charge on any atom is 0 e. The third kappa shape index (κ3) is 8.05. The van der Waals surface area contributed by atoms with Gasteiger partial charge >= 0.3 is 106 Å². The van der Waals surface area contributed by atoms with Crippen molar-refractivity contribution in [1.29, 1.82) is 0 Å². The first-order valence-corrected chi connectivity index (χ1v) is 24.9. The van der Waals surface area contributed by atoms with Crippen LogP contribution in [0, 0.1) is 19.1 Å². The number of hydrogen-bond donors (Lipinski definition) is 0. The van der Waals surface area contributed by atoms with Crippen molar-refractivity contribution in [3.05, 3.63) is 163 Å². The first kappa shape index (κ1) is 37.2. The van der Waals surface area contributed by atoms with Crippen LogP contribution in [0.15, 0.2) is 144 Å². The van der Waals surface area contributed by atoms with Crippen LogP contribution in [0.2, 0.25) is 17.3 Å². The summed E-state index contributed by atoms with van der Waals surface area (Å²) in [5, 5.41) is 2.19. The Balaban J connectivity index is 0.000000218. The third-order valence-electron chi connectivity index (χ3n) is 9.32. The first-order valence-electron chi connectivity index (χ1n) is 17.6. The molecule has 0 spiro atoms. The van der Waals surface area contributed by atoms with Crippen LogP contribution in [0.5, 0.6) is 0 Å². The molecular weight excluding hydrogens is 873 g/mol. The summed E-state index contributed by atoms with van der Waals surface area (Å²) in [5.74, 6) is 7.65. The molecule has 0 aliphatic carbocycles. The van der Waals surface area contributed by atoms with Gasteiger partial charge in [-0.1, -0.05) is 97.6 Å². The minimum absolute atomic E-state index is 0. The van der Waals surface area contributed by atoms with Crippen LogP contribution >= 0.6 is 0 Å². The van der Waals surface area contributed by atoms with E-state index in [0.717, 1.165) is 55.6 Å². The van der Waals surface area contributed by atoms with Crippen molar-refractivity contribution in [2.24, 2.45) is 0 Å². The predicted molar refractivity (Wildman–Crippen MR) is 217 cm³/mol. The van der Waals surface area contributed by atoms with Crippen LogP contribution in [-0.2, 0) is 20.1 Å². The normalized spacial score (nSPS) is 11.3. The molecule has 5 heteroatoms. The van der Waals surface area contributed by atoms with Gasteiger partial charge in [-0.15, -0.1) is 17.7 Å². The molecule has 3 aromatic heterocycles. The van der Waals surface area contributed by atoms with Gasteiger partial charge in [0.2, 0.25) is 0 Å². The zero-order valence-electron chi connectivity index (χ0n) is 30.5. The van der Waals surface area contributed by atoms with Gasteiger partial charge in [-0.05, 0) is 57.5 Å². The molecule has 0 aliphatic rings. The maximum absolute atomic E-state index is 6.43. The van der Waals surface area contributed by atoms with Crippen LogP contribution in [-0.4, -0.2) is 23.2 Å². The van der Waals surface area contributed by atoms with E-state index in [4.69, 9.17) is 4.42 Å². The van der Waals surface area contributed by atoms with E-state index >= 15 is 0 Å². The number of rotatable bonds is 6. The molecule has 5 aromatic carbocycles. The zero-order chi connectivity index (χ0) is 35.5. The second-order valence-corrected chi connectivity index (χ2v) is 25.0. The molecule has 8 rings (SSSR count). The SMILES string of the molecule is CC(C)c1ccnc(-c2[c-]c3oc4cc(-c5ccccc5)cc(-c5ccccc5)c4c3cc2)c1.Cc1cc(-c2[c-]cccc2)nc[c]1[Ge]([CH3])([CH3])[CH3].[Ir]. The van der Waals surface area contributed by atoms with E-state index in [1.165, 1.54) is 26.6 Å². The molecule has 0 bridgehead atoms. The number of aromatic nitrogens is 2. The molecule has 3 nitrogen and oxygen atoms in total. The zero-order valence-corrected chi connectivity index (χ0v) is 35.0. The summed E-state index contributed by atoms with van der Waals surface area (Å²) >= 11 is -1.77. The summed E-state index contributed by atoms with van der Waals surface area (Å²) in [6, 6.07) is 50.8. The minimum atomic E-state index is -1.77. The van der Waals surface area contributed by atoms with Gasteiger partial charge in [-0.3, -0.25) is 0 Å². The number of aryl methyl sites for hydroxylation is 1. The maximum atomic E-state index is 6.43. The summed E-state index contributed by atoms with van der Waals surface area (Å²) in [6.07, 6.45) is 3.95. The summed E-state index contributed by atoms with van der Waals surface area (Å²) < 4.78 is 7.92. The molecule has 0 saturated carbocycles. The molecule has 3 heterocycles. The van der Waals surface area contributed by atoms with E-state index in [2.05, 4.69) is 163 Å². The Morgan fingerprint density at radius 1 is 0.673 bits per heavy atom. The quantitative estimate of drug-likeness (QED) is 0.123. The number of benzene rings is 5. The molecule has 0 atom stereocenters. The monoisotopic (exact) mass is 917 g/mol. The van der Waals surface area contributed by atoms with Gasteiger partial charge in [-0.25, -0.2) is 0 Å². The molecule has 0 aliphatic heterocycles. The van der Waals surface area contributed by atoms with Crippen molar-refractivity contribution in [1.82, 2.24) is 9.97 Å². The van der Waals surface area contributed by atoms with E-state index in [1.807, 2.05) is 36.5 Å². The summed E-state index contributed by atoms with van der Waals surface area (Å²) in [4.78, 5) is 9.19. The fourth-order valence-electron chi connectivity index (χ4n) is 6.62. The summed E-state index contributed by atoms with van der Waals surface area (Å²) in [7, 11) is 0. The topological polar surface area (TPSA) is 38.9 Å². The summed E-state index contributed by atoms with van der Waals surface area (Å²) in [5.41, 5.74) is 12.9. The second-order valence-electron chi connectivity index (χ2n) is 14.4. The molecule has 0 unspecified atom stereocenters. The molecule has 261 valence electrons. The van der Waals surface area contributed by atoms with Crippen LogP contribution in [0.25, 0.3) is 66.7 Å². The van der Waals surface area contributed by atoms with Gasteiger partial charge in [0, 0.05) is 26.3 Å². The van der Waals surface area contributed by atoms with Crippen molar-refractivity contribution in [3.63, 3.8) is 0 Å². The summed E-state index contributed by atoms with van der Waals surface area (Å²) in [6.45, 7) is 6.58.